The van der Waals surface area contributed by atoms with Gasteiger partial charge < -0.3 is 40.1 Å². The number of nitrogens with one attached hydrogen (secondary N) is 1. The van der Waals surface area contributed by atoms with E-state index in [2.05, 4.69) is 11.9 Å². The standard InChI is InChI=1S/C34H58N6O8/c1-7-8-32(48-26-24-42)36-14-16-38(28(3)44)19-21-40(22-20-39(29(4)45)18-17-37(15-13-35)27(2)43)34(5,6)33(46)30-9-11-31(12-10-30)47-25-23-41/h7,9-12,32,36,41-42H,1,8,13-26,35H2,2-6H3. The Hall–Kier alpha value is -3.40. The number of nitrogens with zero attached hydrogens (tertiary/aromatic N) is 4. The number of nitrogens with two attached hydrogens (primary N) is 1. The molecule has 0 fully saturated rings. The second kappa shape index (κ2) is 23.0. The van der Waals surface area contributed by atoms with E-state index in [4.69, 9.17) is 25.4 Å². The van der Waals surface area contributed by atoms with E-state index in [0.717, 1.165) is 0 Å². The second-order valence-corrected chi connectivity index (χ2v) is 11.8. The van der Waals surface area contributed by atoms with Crippen LogP contribution in [0, 0.1) is 0 Å². The van der Waals surface area contributed by atoms with Gasteiger partial charge in [0.15, 0.2) is 5.78 Å². The van der Waals surface area contributed by atoms with Crippen molar-refractivity contribution in [3.05, 3.63) is 42.5 Å². The van der Waals surface area contributed by atoms with E-state index in [1.807, 2.05) is 18.7 Å². The number of rotatable bonds is 26. The van der Waals surface area contributed by atoms with E-state index in [1.165, 1.54) is 20.8 Å². The second-order valence-electron chi connectivity index (χ2n) is 11.8. The molecule has 3 amide bonds. The van der Waals surface area contributed by atoms with Crippen molar-refractivity contribution in [2.45, 2.75) is 52.8 Å². The SMILES string of the molecule is C=CCC(NCCN(CCN(CCN(CCN(CCN)C(C)=O)C(C)=O)C(C)(C)C(=O)c1ccc(OCCO)cc1)C(C)=O)OCCO. The van der Waals surface area contributed by atoms with Crippen LogP contribution in [0.15, 0.2) is 36.9 Å². The number of amides is 3. The van der Waals surface area contributed by atoms with Crippen LogP contribution in [0.25, 0.3) is 0 Å². The van der Waals surface area contributed by atoms with Gasteiger partial charge in [-0.3, -0.25) is 29.4 Å². The molecule has 0 saturated carbocycles. The van der Waals surface area contributed by atoms with Crippen molar-refractivity contribution in [1.29, 1.82) is 0 Å². The molecule has 1 rings (SSSR count). The van der Waals surface area contributed by atoms with E-state index in [0.29, 0.717) is 83.2 Å². The number of hydrogen-bond acceptors (Lipinski definition) is 11. The number of carbonyl (C=O) groups is 4. The minimum atomic E-state index is -1.03. The summed E-state index contributed by atoms with van der Waals surface area (Å²) in [5.74, 6) is -0.0436. The molecule has 1 atom stereocenters. The number of Topliss-reactive ketones (excluding diaryl/α,β-unsaturated/α-hetero) is 1. The van der Waals surface area contributed by atoms with Gasteiger partial charge in [-0.1, -0.05) is 6.08 Å². The monoisotopic (exact) mass is 678 g/mol. The van der Waals surface area contributed by atoms with Gasteiger partial charge in [0.2, 0.25) is 17.7 Å². The number of aliphatic hydroxyl groups is 2. The van der Waals surface area contributed by atoms with Gasteiger partial charge in [-0.15, -0.1) is 6.58 Å². The highest BCUT2D eigenvalue weighted by molar-refractivity contribution is 6.02. The molecule has 14 nitrogen and oxygen atoms in total. The van der Waals surface area contributed by atoms with Crippen molar-refractivity contribution in [1.82, 2.24) is 24.9 Å². The zero-order chi connectivity index (χ0) is 36.1. The van der Waals surface area contributed by atoms with Crippen LogP contribution in [0.2, 0.25) is 0 Å². The Labute approximate surface area is 285 Å². The summed E-state index contributed by atoms with van der Waals surface area (Å²) in [7, 11) is 0. The maximum absolute atomic E-state index is 14.0. The molecule has 0 aliphatic heterocycles. The van der Waals surface area contributed by atoms with E-state index in [1.54, 1.807) is 45.0 Å². The summed E-state index contributed by atoms with van der Waals surface area (Å²) in [5.41, 5.74) is 5.09. The van der Waals surface area contributed by atoms with Gasteiger partial charge in [0.1, 0.15) is 18.6 Å². The lowest BCUT2D eigenvalue weighted by atomic mass is 9.91. The van der Waals surface area contributed by atoms with Crippen molar-refractivity contribution in [2.75, 3.05) is 91.9 Å². The summed E-state index contributed by atoms with van der Waals surface area (Å²) in [6.07, 6.45) is 1.89. The van der Waals surface area contributed by atoms with E-state index < -0.39 is 5.54 Å². The van der Waals surface area contributed by atoms with Crippen molar-refractivity contribution in [2.24, 2.45) is 5.73 Å². The molecule has 272 valence electrons. The Morgan fingerprint density at radius 2 is 1.33 bits per heavy atom. The van der Waals surface area contributed by atoms with Gasteiger partial charge in [0.25, 0.3) is 0 Å². The number of ketones is 1. The summed E-state index contributed by atoms with van der Waals surface area (Å²) < 4.78 is 11.0. The van der Waals surface area contributed by atoms with Crippen LogP contribution in [0.4, 0.5) is 0 Å². The third-order valence-corrected chi connectivity index (χ3v) is 8.02. The topological polar surface area (TPSA) is 178 Å². The Bertz CT molecular complexity index is 1130. The fourth-order valence-electron chi connectivity index (χ4n) is 5.11. The fourth-order valence-corrected chi connectivity index (χ4v) is 5.11. The summed E-state index contributed by atoms with van der Waals surface area (Å²) in [6, 6.07) is 6.71. The lowest BCUT2D eigenvalue weighted by molar-refractivity contribution is -0.133. The van der Waals surface area contributed by atoms with Gasteiger partial charge in [0.05, 0.1) is 25.4 Å². The van der Waals surface area contributed by atoms with Gasteiger partial charge in [-0.2, -0.15) is 0 Å². The van der Waals surface area contributed by atoms with Crippen LogP contribution in [-0.4, -0.2) is 157 Å². The third-order valence-electron chi connectivity index (χ3n) is 8.02. The average Bonchev–Trinajstić information content (AvgIpc) is 3.05. The van der Waals surface area contributed by atoms with Gasteiger partial charge in [0, 0.05) is 98.2 Å². The molecule has 0 bridgehead atoms. The van der Waals surface area contributed by atoms with Crippen molar-refractivity contribution >= 4 is 23.5 Å². The molecular weight excluding hydrogens is 620 g/mol. The first kappa shape index (κ1) is 42.6. The molecule has 0 radical (unpaired) electrons. The summed E-state index contributed by atoms with van der Waals surface area (Å²) >= 11 is 0. The predicted molar refractivity (Wildman–Crippen MR) is 184 cm³/mol. The maximum atomic E-state index is 14.0. The molecule has 5 N–H and O–H groups in total. The Kier molecular flexibility index (Phi) is 20.5. The van der Waals surface area contributed by atoms with Crippen LogP contribution in [0.1, 0.15) is 51.4 Å². The van der Waals surface area contributed by atoms with Crippen molar-refractivity contribution in [3.8, 4) is 5.75 Å². The zero-order valence-corrected chi connectivity index (χ0v) is 29.5. The molecule has 48 heavy (non-hydrogen) atoms. The minimum Gasteiger partial charge on any atom is -0.491 e. The highest BCUT2D eigenvalue weighted by Crippen LogP contribution is 2.23. The molecule has 0 heterocycles. The first-order chi connectivity index (χ1) is 22.8. The van der Waals surface area contributed by atoms with Crippen molar-refractivity contribution in [3.63, 3.8) is 0 Å². The lowest BCUT2D eigenvalue weighted by Gasteiger charge is -2.40. The van der Waals surface area contributed by atoms with E-state index >= 15 is 0 Å². The van der Waals surface area contributed by atoms with Gasteiger partial charge in [-0.25, -0.2) is 0 Å². The largest absolute Gasteiger partial charge is 0.491 e. The van der Waals surface area contributed by atoms with Crippen LogP contribution < -0.4 is 15.8 Å². The normalized spacial score (nSPS) is 12.0. The summed E-state index contributed by atoms with van der Waals surface area (Å²) in [5, 5.41) is 21.4. The lowest BCUT2D eigenvalue weighted by Crippen LogP contribution is -2.55. The molecule has 0 aliphatic rings. The van der Waals surface area contributed by atoms with Crippen LogP contribution in [0.3, 0.4) is 0 Å². The zero-order valence-electron chi connectivity index (χ0n) is 29.5. The number of aliphatic hydroxyl groups excluding tert-OH is 2. The Morgan fingerprint density at radius 1 is 0.833 bits per heavy atom. The van der Waals surface area contributed by atoms with E-state index in [9.17, 15) is 19.2 Å². The quantitative estimate of drug-likeness (QED) is 0.0603. The Balaban J connectivity index is 3.19. The summed E-state index contributed by atoms with van der Waals surface area (Å²) in [6.45, 7) is 15.3. The smallest absolute Gasteiger partial charge is 0.219 e. The number of hydrogen-bond donors (Lipinski definition) is 4. The van der Waals surface area contributed by atoms with E-state index in [-0.39, 0.29) is 56.2 Å². The number of carbonyl (C=O) groups excluding carboxylic acids is 4. The molecule has 14 heteroatoms. The van der Waals surface area contributed by atoms with Crippen LogP contribution in [0.5, 0.6) is 5.75 Å². The highest BCUT2D eigenvalue weighted by Gasteiger charge is 2.36. The first-order valence-corrected chi connectivity index (χ1v) is 16.5. The molecule has 1 unspecified atom stereocenters. The minimum absolute atomic E-state index is 0.107. The third kappa shape index (κ3) is 15.2. The Morgan fingerprint density at radius 3 is 1.81 bits per heavy atom. The fraction of sp³-hybridized carbons (Fsp3) is 0.647. The number of ether oxygens (including phenoxy) is 2. The first-order valence-electron chi connectivity index (χ1n) is 16.5. The molecule has 0 saturated heterocycles. The molecule has 1 aromatic rings. The molecule has 0 spiro atoms. The molecule has 0 aromatic heterocycles. The van der Waals surface area contributed by atoms with Crippen molar-refractivity contribution < 1.29 is 38.9 Å². The highest BCUT2D eigenvalue weighted by atomic mass is 16.5. The van der Waals surface area contributed by atoms with Crippen LogP contribution >= 0.6 is 0 Å². The van der Waals surface area contributed by atoms with Gasteiger partial charge in [-0.05, 0) is 38.1 Å². The summed E-state index contributed by atoms with van der Waals surface area (Å²) in [4.78, 5) is 58.2. The predicted octanol–water partition coefficient (Wildman–Crippen LogP) is 0.326. The number of benzene rings is 1. The average molecular weight is 679 g/mol. The molecular formula is C34H58N6O8. The maximum Gasteiger partial charge on any atom is 0.219 e. The molecule has 1 aromatic carbocycles. The van der Waals surface area contributed by atoms with Crippen LogP contribution in [-0.2, 0) is 19.1 Å². The molecule has 0 aliphatic carbocycles. The van der Waals surface area contributed by atoms with Gasteiger partial charge >= 0.3 is 0 Å².